The van der Waals surface area contributed by atoms with Crippen LogP contribution in [-0.4, -0.2) is 40.6 Å². The van der Waals surface area contributed by atoms with Crippen LogP contribution in [0.25, 0.3) is 0 Å². The van der Waals surface area contributed by atoms with Crippen LogP contribution in [0.15, 0.2) is 48.5 Å². The maximum Gasteiger partial charge on any atom is 0.251 e. The van der Waals surface area contributed by atoms with Crippen molar-refractivity contribution in [3.05, 3.63) is 65.2 Å². The maximum atomic E-state index is 12.4. The molecular weight excluding hydrogens is 298 g/mol. The second-order valence-corrected chi connectivity index (χ2v) is 6.70. The third-order valence-electron chi connectivity index (χ3n) is 4.26. The fraction of sp³-hybridized carbons (Fsp3) is 0.350. The van der Waals surface area contributed by atoms with Crippen LogP contribution in [-0.2, 0) is 0 Å². The van der Waals surface area contributed by atoms with Gasteiger partial charge < -0.3 is 15.1 Å². The van der Waals surface area contributed by atoms with Crippen LogP contribution < -0.4 is 15.1 Å². The molecule has 0 aliphatic heterocycles. The van der Waals surface area contributed by atoms with Crippen LogP contribution in [0.5, 0.6) is 0 Å². The predicted molar refractivity (Wildman–Crippen MR) is 99.8 cm³/mol. The molecule has 0 radical (unpaired) electrons. The normalized spacial score (nSPS) is 12.1. The Labute approximate surface area is 145 Å². The van der Waals surface area contributed by atoms with Gasteiger partial charge in [-0.2, -0.15) is 0 Å². The Balaban J connectivity index is 2.07. The minimum atomic E-state index is -0.0186. The summed E-state index contributed by atoms with van der Waals surface area (Å²) in [4.78, 5) is 15.7. The molecule has 0 saturated carbocycles. The Morgan fingerprint density at radius 3 is 2.33 bits per heavy atom. The number of likely N-dealkylation sites (N-methyl/N-ethyl adjacent to an activating group) is 1. The highest BCUT2D eigenvalue weighted by molar-refractivity contribution is 5.94. The Morgan fingerprint density at radius 2 is 1.79 bits per heavy atom. The largest absolute Gasteiger partial charge is 0.378 e. The number of quaternary nitrogens is 1. The zero-order chi connectivity index (χ0) is 17.7. The van der Waals surface area contributed by atoms with Crippen molar-refractivity contribution in [2.24, 2.45) is 0 Å². The third-order valence-corrected chi connectivity index (χ3v) is 4.26. The first-order valence-corrected chi connectivity index (χ1v) is 8.30. The number of amides is 1. The number of hydrogen-bond donors (Lipinski definition) is 2. The Kier molecular flexibility index (Phi) is 5.99. The molecule has 2 N–H and O–H groups in total. The highest BCUT2D eigenvalue weighted by Gasteiger charge is 2.19. The van der Waals surface area contributed by atoms with E-state index in [1.807, 2.05) is 45.3 Å². The third kappa shape index (κ3) is 4.59. The van der Waals surface area contributed by atoms with Gasteiger partial charge in [-0.15, -0.1) is 0 Å². The van der Waals surface area contributed by atoms with Crippen LogP contribution >= 0.6 is 0 Å². The van der Waals surface area contributed by atoms with Gasteiger partial charge in [-0.05, 0) is 31.2 Å². The number of nitrogens with one attached hydrogen (secondary N) is 2. The van der Waals surface area contributed by atoms with Gasteiger partial charge in [0.05, 0.1) is 20.6 Å². The molecule has 0 aliphatic rings. The van der Waals surface area contributed by atoms with E-state index in [1.54, 1.807) is 0 Å². The van der Waals surface area contributed by atoms with E-state index in [9.17, 15) is 4.79 Å². The molecule has 4 heteroatoms. The average molecular weight is 326 g/mol. The molecule has 0 aromatic heterocycles. The van der Waals surface area contributed by atoms with E-state index in [0.717, 1.165) is 5.56 Å². The molecule has 0 saturated heterocycles. The number of aryl methyl sites for hydroxylation is 1. The zero-order valence-electron chi connectivity index (χ0n) is 15.3. The van der Waals surface area contributed by atoms with Gasteiger partial charge in [0.2, 0.25) is 0 Å². The van der Waals surface area contributed by atoms with Crippen LogP contribution in [0.4, 0.5) is 5.69 Å². The Bertz CT molecular complexity index is 678. The summed E-state index contributed by atoms with van der Waals surface area (Å²) in [5.41, 5.74) is 4.21. The summed E-state index contributed by atoms with van der Waals surface area (Å²) in [6.45, 7) is 2.60. The highest BCUT2D eigenvalue weighted by atomic mass is 16.1. The second-order valence-electron chi connectivity index (χ2n) is 6.70. The lowest BCUT2D eigenvalue weighted by molar-refractivity contribution is -0.890. The second kappa shape index (κ2) is 7.97. The molecule has 2 aromatic carbocycles. The van der Waals surface area contributed by atoms with E-state index in [-0.39, 0.29) is 11.9 Å². The number of benzene rings is 2. The van der Waals surface area contributed by atoms with Gasteiger partial charge in [0, 0.05) is 30.9 Å². The lowest BCUT2D eigenvalue weighted by atomic mass is 10.0. The smallest absolute Gasteiger partial charge is 0.251 e. The summed E-state index contributed by atoms with van der Waals surface area (Å²) in [6, 6.07) is 16.4. The molecule has 2 aromatic rings. The van der Waals surface area contributed by atoms with Crippen molar-refractivity contribution in [1.82, 2.24) is 5.32 Å². The standard InChI is InChI=1S/C20H27N3O/c1-15-7-6-8-17(13-15)20(24)21-14-19(23(4)5)16-9-11-18(12-10-16)22(2)3/h6-13,19H,14H2,1-5H3,(H,21,24)/p+1/t19-/m0/s1. The first-order valence-electron chi connectivity index (χ1n) is 8.30. The van der Waals surface area contributed by atoms with Crippen molar-refractivity contribution < 1.29 is 9.69 Å². The fourth-order valence-electron chi connectivity index (χ4n) is 2.74. The zero-order valence-corrected chi connectivity index (χ0v) is 15.3. The number of rotatable bonds is 6. The molecule has 4 nitrogen and oxygen atoms in total. The van der Waals surface area contributed by atoms with Crippen molar-refractivity contribution in [2.45, 2.75) is 13.0 Å². The van der Waals surface area contributed by atoms with Gasteiger partial charge in [0.1, 0.15) is 6.04 Å². The summed E-state index contributed by atoms with van der Waals surface area (Å²) in [7, 11) is 8.30. The van der Waals surface area contributed by atoms with E-state index in [0.29, 0.717) is 12.1 Å². The van der Waals surface area contributed by atoms with Gasteiger partial charge in [-0.1, -0.05) is 29.8 Å². The molecule has 0 fully saturated rings. The van der Waals surface area contributed by atoms with E-state index in [1.165, 1.54) is 16.2 Å². The van der Waals surface area contributed by atoms with Gasteiger partial charge in [0.25, 0.3) is 5.91 Å². The van der Waals surface area contributed by atoms with E-state index in [4.69, 9.17) is 0 Å². The summed E-state index contributed by atoms with van der Waals surface area (Å²) in [6.07, 6.45) is 0. The molecule has 0 spiro atoms. The van der Waals surface area contributed by atoms with E-state index < -0.39 is 0 Å². The SMILES string of the molecule is Cc1cccc(C(=O)NC[C@@H](c2ccc(N(C)C)cc2)[NH+](C)C)c1. The minimum Gasteiger partial charge on any atom is -0.378 e. The van der Waals surface area contributed by atoms with Gasteiger partial charge in [0.15, 0.2) is 0 Å². The molecule has 0 heterocycles. The fourth-order valence-corrected chi connectivity index (χ4v) is 2.74. The summed E-state index contributed by atoms with van der Waals surface area (Å²) in [5, 5.41) is 3.07. The summed E-state index contributed by atoms with van der Waals surface area (Å²) in [5.74, 6) is -0.0186. The monoisotopic (exact) mass is 326 g/mol. The molecule has 1 amide bonds. The molecule has 128 valence electrons. The minimum absolute atomic E-state index is 0.0186. The summed E-state index contributed by atoms with van der Waals surface area (Å²) >= 11 is 0. The lowest BCUT2D eigenvalue weighted by Crippen LogP contribution is -3.07. The average Bonchev–Trinajstić information content (AvgIpc) is 2.55. The topological polar surface area (TPSA) is 36.8 Å². The molecule has 24 heavy (non-hydrogen) atoms. The highest BCUT2D eigenvalue weighted by Crippen LogP contribution is 2.16. The molecule has 1 atom stereocenters. The van der Waals surface area contributed by atoms with Crippen molar-refractivity contribution in [2.75, 3.05) is 39.6 Å². The predicted octanol–water partition coefficient (Wildman–Crippen LogP) is 1.68. The van der Waals surface area contributed by atoms with E-state index >= 15 is 0 Å². The first kappa shape index (κ1) is 18.0. The first-order chi connectivity index (χ1) is 11.4. The molecular formula is C20H28N3O+. The number of carbonyl (C=O) groups excluding carboxylic acids is 1. The van der Waals surface area contributed by atoms with Crippen molar-refractivity contribution >= 4 is 11.6 Å². The van der Waals surface area contributed by atoms with Gasteiger partial charge >= 0.3 is 0 Å². The van der Waals surface area contributed by atoms with Crippen LogP contribution in [0.1, 0.15) is 27.5 Å². The van der Waals surface area contributed by atoms with Crippen LogP contribution in [0.2, 0.25) is 0 Å². The lowest BCUT2D eigenvalue weighted by Gasteiger charge is -2.23. The number of nitrogens with zero attached hydrogens (tertiary/aromatic N) is 1. The van der Waals surface area contributed by atoms with Crippen LogP contribution in [0.3, 0.4) is 0 Å². The Morgan fingerprint density at radius 1 is 1.12 bits per heavy atom. The van der Waals surface area contributed by atoms with Crippen molar-refractivity contribution in [1.29, 1.82) is 0 Å². The van der Waals surface area contributed by atoms with Gasteiger partial charge in [-0.3, -0.25) is 4.79 Å². The molecule has 0 aliphatic carbocycles. The molecule has 0 bridgehead atoms. The molecule has 2 rings (SSSR count). The van der Waals surface area contributed by atoms with Crippen molar-refractivity contribution in [3.63, 3.8) is 0 Å². The maximum absolute atomic E-state index is 12.4. The Hall–Kier alpha value is -2.33. The summed E-state index contributed by atoms with van der Waals surface area (Å²) < 4.78 is 0. The number of anilines is 1. The van der Waals surface area contributed by atoms with E-state index in [2.05, 4.69) is 48.6 Å². The number of carbonyl (C=O) groups is 1. The van der Waals surface area contributed by atoms with Crippen LogP contribution in [0, 0.1) is 6.92 Å². The quantitative estimate of drug-likeness (QED) is 0.847. The number of hydrogen-bond acceptors (Lipinski definition) is 2. The van der Waals surface area contributed by atoms with Gasteiger partial charge in [-0.25, -0.2) is 0 Å². The van der Waals surface area contributed by atoms with Crippen molar-refractivity contribution in [3.8, 4) is 0 Å². The molecule has 0 unspecified atom stereocenters.